The van der Waals surface area contributed by atoms with Gasteiger partial charge in [0.05, 0.1) is 4.92 Å². The van der Waals surface area contributed by atoms with Crippen LogP contribution in [0.2, 0.25) is 0 Å². The summed E-state index contributed by atoms with van der Waals surface area (Å²) in [6.07, 6.45) is 5.86. The van der Waals surface area contributed by atoms with Crippen LogP contribution in [0.25, 0.3) is 0 Å². The molecule has 1 N–H and O–H groups in total. The normalized spacial score (nSPS) is 15.3. The van der Waals surface area contributed by atoms with E-state index in [-0.39, 0.29) is 11.3 Å². The Morgan fingerprint density at radius 1 is 1.22 bits per heavy atom. The van der Waals surface area contributed by atoms with Gasteiger partial charge in [0.1, 0.15) is 10.6 Å². The molecule has 1 amide bonds. The lowest BCUT2D eigenvalue weighted by Gasteiger charge is -2.18. The Morgan fingerprint density at radius 3 is 2.70 bits per heavy atom. The molecule has 8 heteroatoms. The number of aromatic nitrogens is 2. The summed E-state index contributed by atoms with van der Waals surface area (Å²) in [4.78, 5) is 22.7. The molecular formula is C15H16N4O3S. The second-order valence-corrected chi connectivity index (χ2v) is 6.52. The molecule has 7 nitrogen and oxygen atoms in total. The second kappa shape index (κ2) is 6.82. The van der Waals surface area contributed by atoms with Gasteiger partial charge in [-0.15, -0.1) is 10.2 Å². The van der Waals surface area contributed by atoms with E-state index in [9.17, 15) is 14.9 Å². The maximum atomic E-state index is 12.2. The first-order valence-corrected chi connectivity index (χ1v) is 8.35. The van der Waals surface area contributed by atoms with Gasteiger partial charge in [-0.1, -0.05) is 42.7 Å². The van der Waals surface area contributed by atoms with Crippen LogP contribution in [0.3, 0.4) is 0 Å². The van der Waals surface area contributed by atoms with E-state index in [1.165, 1.54) is 48.8 Å². The van der Waals surface area contributed by atoms with Crippen molar-refractivity contribution in [3.05, 3.63) is 45.0 Å². The van der Waals surface area contributed by atoms with Gasteiger partial charge in [0, 0.05) is 12.0 Å². The lowest BCUT2D eigenvalue weighted by molar-refractivity contribution is -0.385. The molecule has 0 aliphatic heterocycles. The molecule has 0 atom stereocenters. The number of carbonyl (C=O) groups excluding carboxylic acids is 1. The topological polar surface area (TPSA) is 98.0 Å². The van der Waals surface area contributed by atoms with Crippen LogP contribution < -0.4 is 5.32 Å². The summed E-state index contributed by atoms with van der Waals surface area (Å²) in [6, 6.07) is 5.86. The van der Waals surface area contributed by atoms with Gasteiger partial charge in [0.25, 0.3) is 11.6 Å². The van der Waals surface area contributed by atoms with Crippen molar-refractivity contribution in [2.75, 3.05) is 5.32 Å². The van der Waals surface area contributed by atoms with E-state index in [2.05, 4.69) is 15.5 Å². The Labute approximate surface area is 136 Å². The highest BCUT2D eigenvalue weighted by Gasteiger charge is 2.22. The average Bonchev–Trinajstić information content (AvgIpc) is 3.04. The summed E-state index contributed by atoms with van der Waals surface area (Å²) >= 11 is 1.35. The van der Waals surface area contributed by atoms with Gasteiger partial charge < -0.3 is 0 Å². The van der Waals surface area contributed by atoms with Crippen molar-refractivity contribution in [2.45, 2.75) is 38.0 Å². The molecule has 0 radical (unpaired) electrons. The summed E-state index contributed by atoms with van der Waals surface area (Å²) in [5, 5.41) is 23.1. The Kier molecular flexibility index (Phi) is 4.61. The zero-order valence-electron chi connectivity index (χ0n) is 12.4. The van der Waals surface area contributed by atoms with Crippen LogP contribution in [-0.4, -0.2) is 21.0 Å². The Hall–Kier alpha value is -2.35. The quantitative estimate of drug-likeness (QED) is 0.679. The fourth-order valence-electron chi connectivity index (χ4n) is 2.79. The third kappa shape index (κ3) is 3.53. The van der Waals surface area contributed by atoms with Crippen molar-refractivity contribution in [3.8, 4) is 0 Å². The number of rotatable bonds is 4. The molecule has 1 aromatic carbocycles. The summed E-state index contributed by atoms with van der Waals surface area (Å²) in [6.45, 7) is 0. The van der Waals surface area contributed by atoms with Crippen LogP contribution in [0, 0.1) is 10.1 Å². The van der Waals surface area contributed by atoms with E-state index in [1.807, 2.05) is 0 Å². The van der Waals surface area contributed by atoms with E-state index in [0.717, 1.165) is 17.8 Å². The van der Waals surface area contributed by atoms with Gasteiger partial charge in [-0.25, -0.2) is 0 Å². The number of para-hydroxylation sites is 1. The van der Waals surface area contributed by atoms with Gasteiger partial charge in [-0.2, -0.15) is 0 Å². The Bertz CT molecular complexity index is 725. The molecule has 1 aromatic heterocycles. The van der Waals surface area contributed by atoms with Gasteiger partial charge in [-0.3, -0.25) is 20.2 Å². The van der Waals surface area contributed by atoms with Crippen molar-refractivity contribution in [2.24, 2.45) is 0 Å². The van der Waals surface area contributed by atoms with E-state index in [1.54, 1.807) is 6.07 Å². The van der Waals surface area contributed by atoms with Crippen LogP contribution >= 0.6 is 11.3 Å². The lowest BCUT2D eigenvalue weighted by Crippen LogP contribution is -2.13. The Morgan fingerprint density at radius 2 is 1.96 bits per heavy atom. The molecule has 0 unspecified atom stereocenters. The van der Waals surface area contributed by atoms with Crippen molar-refractivity contribution >= 4 is 28.1 Å². The van der Waals surface area contributed by atoms with Crippen LogP contribution in [0.15, 0.2) is 24.3 Å². The van der Waals surface area contributed by atoms with E-state index in [0.29, 0.717) is 11.0 Å². The molecule has 0 bridgehead atoms. The number of anilines is 1. The fourth-order valence-corrected chi connectivity index (χ4v) is 3.70. The van der Waals surface area contributed by atoms with Crippen molar-refractivity contribution in [3.63, 3.8) is 0 Å². The number of hydrogen-bond acceptors (Lipinski definition) is 6. The number of amides is 1. The molecule has 120 valence electrons. The number of nitro groups is 1. The fraction of sp³-hybridized carbons (Fsp3) is 0.400. The average molecular weight is 332 g/mol. The number of carbonyl (C=O) groups is 1. The second-order valence-electron chi connectivity index (χ2n) is 5.51. The lowest BCUT2D eigenvalue weighted by atomic mass is 9.90. The molecule has 1 aliphatic rings. The van der Waals surface area contributed by atoms with E-state index in [4.69, 9.17) is 0 Å². The highest BCUT2D eigenvalue weighted by molar-refractivity contribution is 7.15. The predicted octanol–water partition coefficient (Wildman–Crippen LogP) is 3.75. The molecule has 0 spiro atoms. The van der Waals surface area contributed by atoms with Crippen molar-refractivity contribution in [1.29, 1.82) is 0 Å². The molecule has 1 aliphatic carbocycles. The third-order valence-corrected chi connectivity index (χ3v) is 4.96. The monoisotopic (exact) mass is 332 g/mol. The maximum absolute atomic E-state index is 12.2. The third-order valence-electron chi connectivity index (χ3n) is 3.96. The number of benzene rings is 1. The zero-order valence-corrected chi connectivity index (χ0v) is 13.2. The summed E-state index contributed by atoms with van der Waals surface area (Å²) < 4.78 is 0. The number of hydrogen-bond donors (Lipinski definition) is 1. The van der Waals surface area contributed by atoms with Gasteiger partial charge in [0.2, 0.25) is 5.13 Å². The smallest absolute Gasteiger partial charge is 0.282 e. The molecular weight excluding hydrogens is 316 g/mol. The minimum absolute atomic E-state index is 0.0203. The minimum atomic E-state index is -0.567. The zero-order chi connectivity index (χ0) is 16.2. The van der Waals surface area contributed by atoms with E-state index < -0.39 is 10.8 Å². The van der Waals surface area contributed by atoms with Gasteiger partial charge in [0.15, 0.2) is 0 Å². The molecule has 0 saturated heterocycles. The molecule has 2 aromatic rings. The Balaban J connectivity index is 1.73. The van der Waals surface area contributed by atoms with Gasteiger partial charge in [-0.05, 0) is 18.9 Å². The van der Waals surface area contributed by atoms with E-state index >= 15 is 0 Å². The summed E-state index contributed by atoms with van der Waals surface area (Å²) in [5.41, 5.74) is -0.200. The standard InChI is InChI=1S/C15H16N4O3S/c20-13(11-8-4-5-9-12(11)19(21)22)16-15-18-17-14(23-15)10-6-2-1-3-7-10/h4-5,8-10H,1-3,6-7H2,(H,16,18,20). The van der Waals surface area contributed by atoms with Gasteiger partial charge >= 0.3 is 0 Å². The SMILES string of the molecule is O=C(Nc1nnc(C2CCCCC2)s1)c1ccccc1[N+](=O)[O-]. The van der Waals surface area contributed by atoms with Crippen LogP contribution in [0.5, 0.6) is 0 Å². The molecule has 1 saturated carbocycles. The number of nitro benzene ring substituents is 1. The van der Waals surface area contributed by atoms with Crippen LogP contribution in [-0.2, 0) is 0 Å². The summed E-state index contributed by atoms with van der Waals surface area (Å²) in [5.74, 6) is -0.124. The van der Waals surface area contributed by atoms with Crippen LogP contribution in [0.4, 0.5) is 10.8 Å². The largest absolute Gasteiger partial charge is 0.296 e. The first-order valence-electron chi connectivity index (χ1n) is 7.53. The molecule has 1 fully saturated rings. The maximum Gasteiger partial charge on any atom is 0.282 e. The minimum Gasteiger partial charge on any atom is -0.296 e. The molecule has 23 heavy (non-hydrogen) atoms. The molecule has 1 heterocycles. The van der Waals surface area contributed by atoms with Crippen molar-refractivity contribution in [1.82, 2.24) is 10.2 Å². The highest BCUT2D eigenvalue weighted by atomic mass is 32.1. The molecule has 3 rings (SSSR count). The highest BCUT2D eigenvalue weighted by Crippen LogP contribution is 2.35. The first-order chi connectivity index (χ1) is 11.1. The van der Waals surface area contributed by atoms with Crippen LogP contribution in [0.1, 0.15) is 53.4 Å². The summed E-state index contributed by atoms with van der Waals surface area (Å²) in [7, 11) is 0. The predicted molar refractivity (Wildman–Crippen MR) is 86.8 cm³/mol. The number of nitrogens with one attached hydrogen (secondary N) is 1. The first kappa shape index (κ1) is 15.5. The number of nitrogens with zero attached hydrogens (tertiary/aromatic N) is 3. The van der Waals surface area contributed by atoms with Crippen molar-refractivity contribution < 1.29 is 9.72 Å².